The molecule has 5 nitrogen and oxygen atoms in total. The average Bonchev–Trinajstić information content (AvgIpc) is 2.99. The van der Waals surface area contributed by atoms with Crippen molar-refractivity contribution in [2.24, 2.45) is 0 Å². The SMILES string of the molecule is CSCCC(O)C(=O)NCc1cc(-c2ccc(F)cc2)no1. The fourth-order valence-electron chi connectivity index (χ4n) is 1.81. The fraction of sp³-hybridized carbons (Fsp3) is 0.333. The standard InChI is InChI=1S/C15H17FN2O3S/c1-22-7-6-14(19)15(20)17-9-12-8-13(18-21-12)10-2-4-11(16)5-3-10/h2-5,8,14,19H,6-7,9H2,1H3,(H,17,20). The Labute approximate surface area is 131 Å². The number of carbonyl (C=O) groups is 1. The summed E-state index contributed by atoms with van der Waals surface area (Å²) in [5.41, 5.74) is 1.29. The molecule has 2 N–H and O–H groups in total. The van der Waals surface area contributed by atoms with Gasteiger partial charge >= 0.3 is 0 Å². The van der Waals surface area contributed by atoms with Gasteiger partial charge in [0, 0.05) is 11.6 Å². The Morgan fingerprint density at radius 2 is 2.18 bits per heavy atom. The van der Waals surface area contributed by atoms with Crippen LogP contribution in [0.5, 0.6) is 0 Å². The van der Waals surface area contributed by atoms with Crippen molar-refractivity contribution in [2.75, 3.05) is 12.0 Å². The van der Waals surface area contributed by atoms with E-state index >= 15 is 0 Å². The van der Waals surface area contributed by atoms with Crippen molar-refractivity contribution in [3.05, 3.63) is 41.9 Å². The van der Waals surface area contributed by atoms with Crippen LogP contribution in [-0.2, 0) is 11.3 Å². The molecule has 2 rings (SSSR count). The molecule has 1 amide bonds. The summed E-state index contributed by atoms with van der Waals surface area (Å²) in [6.07, 6.45) is 1.30. The van der Waals surface area contributed by atoms with Gasteiger partial charge in [-0.2, -0.15) is 11.8 Å². The Kier molecular flexibility index (Phi) is 5.97. The zero-order valence-electron chi connectivity index (χ0n) is 12.1. The molecular weight excluding hydrogens is 307 g/mol. The van der Waals surface area contributed by atoms with Gasteiger partial charge in [0.05, 0.1) is 6.54 Å². The van der Waals surface area contributed by atoms with E-state index in [1.54, 1.807) is 30.0 Å². The van der Waals surface area contributed by atoms with Crippen LogP contribution in [0.3, 0.4) is 0 Å². The van der Waals surface area contributed by atoms with E-state index < -0.39 is 12.0 Å². The van der Waals surface area contributed by atoms with Gasteiger partial charge in [-0.1, -0.05) is 5.16 Å². The van der Waals surface area contributed by atoms with E-state index in [0.717, 1.165) is 5.56 Å². The van der Waals surface area contributed by atoms with E-state index in [4.69, 9.17) is 4.52 Å². The van der Waals surface area contributed by atoms with Crippen molar-refractivity contribution in [2.45, 2.75) is 19.1 Å². The molecule has 22 heavy (non-hydrogen) atoms. The van der Waals surface area contributed by atoms with Crippen molar-refractivity contribution in [3.63, 3.8) is 0 Å². The highest BCUT2D eigenvalue weighted by Crippen LogP contribution is 2.19. The summed E-state index contributed by atoms with van der Waals surface area (Å²) < 4.78 is 18.0. The number of aromatic nitrogens is 1. The van der Waals surface area contributed by atoms with E-state index in [1.165, 1.54) is 12.1 Å². The van der Waals surface area contributed by atoms with Crippen LogP contribution in [0.2, 0.25) is 0 Å². The normalized spacial score (nSPS) is 12.1. The van der Waals surface area contributed by atoms with Crippen LogP contribution in [0, 0.1) is 5.82 Å². The molecule has 118 valence electrons. The molecule has 1 unspecified atom stereocenters. The summed E-state index contributed by atoms with van der Waals surface area (Å²) >= 11 is 1.57. The number of aliphatic hydroxyl groups is 1. The lowest BCUT2D eigenvalue weighted by Gasteiger charge is -2.09. The molecule has 0 fully saturated rings. The van der Waals surface area contributed by atoms with Gasteiger partial charge in [-0.3, -0.25) is 4.79 Å². The summed E-state index contributed by atoms with van der Waals surface area (Å²) in [5.74, 6) is 0.420. The van der Waals surface area contributed by atoms with Crippen LogP contribution in [0.4, 0.5) is 4.39 Å². The number of halogens is 1. The first-order chi connectivity index (χ1) is 10.6. The minimum atomic E-state index is -1.02. The monoisotopic (exact) mass is 324 g/mol. The van der Waals surface area contributed by atoms with E-state index in [2.05, 4.69) is 10.5 Å². The molecule has 1 heterocycles. The quantitative estimate of drug-likeness (QED) is 0.817. The number of nitrogens with one attached hydrogen (secondary N) is 1. The predicted octanol–water partition coefficient (Wildman–Crippen LogP) is 2.21. The number of carbonyl (C=O) groups excluding carboxylic acids is 1. The minimum absolute atomic E-state index is 0.142. The Hall–Kier alpha value is -1.86. The van der Waals surface area contributed by atoms with Crippen molar-refractivity contribution in [1.29, 1.82) is 0 Å². The molecule has 7 heteroatoms. The molecule has 0 aliphatic carbocycles. The first kappa shape index (κ1) is 16.5. The van der Waals surface area contributed by atoms with E-state index in [0.29, 0.717) is 23.6 Å². The lowest BCUT2D eigenvalue weighted by Crippen LogP contribution is -2.34. The van der Waals surface area contributed by atoms with Gasteiger partial charge in [-0.15, -0.1) is 0 Å². The molecular formula is C15H17FN2O3S. The zero-order chi connectivity index (χ0) is 15.9. The van der Waals surface area contributed by atoms with Crippen LogP contribution in [0.1, 0.15) is 12.2 Å². The minimum Gasteiger partial charge on any atom is -0.383 e. The Morgan fingerprint density at radius 3 is 2.86 bits per heavy atom. The van der Waals surface area contributed by atoms with Gasteiger partial charge in [-0.05, 0) is 42.7 Å². The molecule has 0 saturated heterocycles. The third-order valence-electron chi connectivity index (χ3n) is 3.03. The smallest absolute Gasteiger partial charge is 0.249 e. The second kappa shape index (κ2) is 7.95. The molecule has 0 bridgehead atoms. The maximum absolute atomic E-state index is 12.9. The van der Waals surface area contributed by atoms with Gasteiger partial charge in [0.2, 0.25) is 5.91 Å². The summed E-state index contributed by atoms with van der Waals surface area (Å²) in [6, 6.07) is 7.55. The summed E-state index contributed by atoms with van der Waals surface area (Å²) in [4.78, 5) is 11.7. The Bertz CT molecular complexity index is 616. The lowest BCUT2D eigenvalue weighted by molar-refractivity contribution is -0.129. The number of aliphatic hydroxyl groups excluding tert-OH is 1. The number of rotatable bonds is 7. The van der Waals surface area contributed by atoms with Crippen molar-refractivity contribution >= 4 is 17.7 Å². The first-order valence-corrected chi connectivity index (χ1v) is 8.16. The molecule has 0 aliphatic rings. The van der Waals surface area contributed by atoms with E-state index in [-0.39, 0.29) is 12.4 Å². The molecule has 0 radical (unpaired) electrons. The van der Waals surface area contributed by atoms with Gasteiger partial charge in [0.15, 0.2) is 5.76 Å². The topological polar surface area (TPSA) is 75.4 Å². The van der Waals surface area contributed by atoms with Crippen LogP contribution < -0.4 is 5.32 Å². The molecule has 0 saturated carbocycles. The van der Waals surface area contributed by atoms with Crippen molar-refractivity contribution in [3.8, 4) is 11.3 Å². The highest BCUT2D eigenvalue weighted by Gasteiger charge is 2.15. The average molecular weight is 324 g/mol. The van der Waals surface area contributed by atoms with Gasteiger partial charge in [0.25, 0.3) is 0 Å². The first-order valence-electron chi connectivity index (χ1n) is 6.76. The second-order valence-corrected chi connectivity index (χ2v) is 5.69. The maximum atomic E-state index is 12.9. The number of hydrogen-bond acceptors (Lipinski definition) is 5. The molecule has 1 aromatic carbocycles. The van der Waals surface area contributed by atoms with Crippen LogP contribution in [0.15, 0.2) is 34.9 Å². The third kappa shape index (κ3) is 4.57. The van der Waals surface area contributed by atoms with Gasteiger partial charge < -0.3 is 14.9 Å². The largest absolute Gasteiger partial charge is 0.383 e. The fourth-order valence-corrected chi connectivity index (χ4v) is 2.26. The highest BCUT2D eigenvalue weighted by molar-refractivity contribution is 7.98. The highest BCUT2D eigenvalue weighted by atomic mass is 32.2. The Balaban J connectivity index is 1.89. The number of thioether (sulfide) groups is 1. The van der Waals surface area contributed by atoms with Crippen LogP contribution >= 0.6 is 11.8 Å². The van der Waals surface area contributed by atoms with Gasteiger partial charge in [-0.25, -0.2) is 4.39 Å². The maximum Gasteiger partial charge on any atom is 0.249 e. The molecule has 1 aromatic heterocycles. The lowest BCUT2D eigenvalue weighted by atomic mass is 10.1. The summed E-state index contributed by atoms with van der Waals surface area (Å²) in [7, 11) is 0. The van der Waals surface area contributed by atoms with Crippen molar-refractivity contribution in [1.82, 2.24) is 10.5 Å². The van der Waals surface area contributed by atoms with E-state index in [1.807, 2.05) is 6.26 Å². The number of benzene rings is 1. The third-order valence-corrected chi connectivity index (χ3v) is 3.68. The summed E-state index contributed by atoms with van der Waals surface area (Å²) in [6.45, 7) is 0.142. The molecule has 2 aromatic rings. The number of hydrogen-bond donors (Lipinski definition) is 2. The van der Waals surface area contributed by atoms with Crippen LogP contribution in [-0.4, -0.2) is 34.3 Å². The number of nitrogens with zero attached hydrogens (tertiary/aromatic N) is 1. The Morgan fingerprint density at radius 1 is 1.45 bits per heavy atom. The van der Waals surface area contributed by atoms with Gasteiger partial charge in [0.1, 0.15) is 17.6 Å². The molecule has 1 atom stereocenters. The number of amides is 1. The molecule has 0 aliphatic heterocycles. The van der Waals surface area contributed by atoms with Crippen LogP contribution in [0.25, 0.3) is 11.3 Å². The zero-order valence-corrected chi connectivity index (χ0v) is 12.9. The second-order valence-electron chi connectivity index (χ2n) is 4.70. The predicted molar refractivity (Wildman–Crippen MR) is 82.7 cm³/mol. The van der Waals surface area contributed by atoms with E-state index in [9.17, 15) is 14.3 Å². The molecule has 0 spiro atoms. The summed E-state index contributed by atoms with van der Waals surface area (Å²) in [5, 5.41) is 16.1. The van der Waals surface area contributed by atoms with Crippen molar-refractivity contribution < 1.29 is 18.8 Å².